The lowest BCUT2D eigenvalue weighted by atomic mass is 9.79. The molecule has 14 heavy (non-hydrogen) atoms. The van der Waals surface area contributed by atoms with Crippen LogP contribution >= 0.6 is 22.9 Å². The minimum atomic E-state index is -1.69. The molecule has 0 fully saturated rings. The molecule has 0 atom stereocenters. The van der Waals surface area contributed by atoms with Crippen LogP contribution in [-0.4, -0.2) is 22.3 Å². The molecule has 72 valence electrons. The van der Waals surface area contributed by atoms with Crippen molar-refractivity contribution in [3.8, 4) is 5.75 Å². The van der Waals surface area contributed by atoms with Gasteiger partial charge in [0.25, 0.3) is 0 Å². The number of benzene rings is 1. The SMILES string of the molecule is OB(O)c1c(O)ccc2cc(Cl)sc12. The van der Waals surface area contributed by atoms with Crippen LogP contribution in [0, 0.1) is 0 Å². The average molecular weight is 228 g/mol. The van der Waals surface area contributed by atoms with Crippen LogP contribution in [0.25, 0.3) is 10.1 Å². The summed E-state index contributed by atoms with van der Waals surface area (Å²) in [6.45, 7) is 0. The number of aromatic hydroxyl groups is 1. The summed E-state index contributed by atoms with van der Waals surface area (Å²) in [4.78, 5) is 0. The fraction of sp³-hybridized carbons (Fsp3) is 0. The van der Waals surface area contributed by atoms with Crippen molar-refractivity contribution in [3.05, 3.63) is 22.5 Å². The molecule has 1 aromatic heterocycles. The Labute approximate surface area is 89.3 Å². The van der Waals surface area contributed by atoms with Crippen molar-refractivity contribution in [2.24, 2.45) is 0 Å². The normalized spacial score (nSPS) is 10.8. The smallest absolute Gasteiger partial charge is 0.493 e. The van der Waals surface area contributed by atoms with E-state index < -0.39 is 7.12 Å². The summed E-state index contributed by atoms with van der Waals surface area (Å²) in [5.74, 6) is -0.133. The minimum absolute atomic E-state index is 0.111. The lowest BCUT2D eigenvalue weighted by Crippen LogP contribution is -2.30. The first kappa shape index (κ1) is 9.80. The molecule has 3 nitrogen and oxygen atoms in total. The average Bonchev–Trinajstić information content (AvgIpc) is 2.43. The zero-order chi connectivity index (χ0) is 10.3. The van der Waals surface area contributed by atoms with E-state index in [1.54, 1.807) is 12.1 Å². The van der Waals surface area contributed by atoms with E-state index in [1.807, 2.05) is 0 Å². The Bertz CT molecular complexity index is 483. The fourth-order valence-corrected chi connectivity index (χ4v) is 2.63. The maximum absolute atomic E-state index is 9.43. The summed E-state index contributed by atoms with van der Waals surface area (Å²) in [7, 11) is -1.69. The fourth-order valence-electron chi connectivity index (χ4n) is 1.33. The summed E-state index contributed by atoms with van der Waals surface area (Å²) < 4.78 is 1.15. The molecule has 0 bridgehead atoms. The highest BCUT2D eigenvalue weighted by Gasteiger charge is 2.20. The van der Waals surface area contributed by atoms with Crippen LogP contribution in [0.5, 0.6) is 5.75 Å². The van der Waals surface area contributed by atoms with Gasteiger partial charge in [0.1, 0.15) is 5.75 Å². The van der Waals surface area contributed by atoms with Gasteiger partial charge >= 0.3 is 7.12 Å². The van der Waals surface area contributed by atoms with E-state index in [-0.39, 0.29) is 11.2 Å². The van der Waals surface area contributed by atoms with Crippen LogP contribution in [0.1, 0.15) is 0 Å². The number of phenolic OH excluding ortho intramolecular Hbond substituents is 1. The third-order valence-corrected chi connectivity index (χ3v) is 3.24. The quantitative estimate of drug-likeness (QED) is 0.637. The molecule has 1 aromatic carbocycles. The van der Waals surface area contributed by atoms with Crippen molar-refractivity contribution >= 4 is 45.6 Å². The third-order valence-electron chi connectivity index (χ3n) is 1.93. The number of hydrogen-bond acceptors (Lipinski definition) is 4. The summed E-state index contributed by atoms with van der Waals surface area (Å²) >= 11 is 6.99. The molecule has 0 amide bonds. The van der Waals surface area contributed by atoms with Crippen molar-refractivity contribution < 1.29 is 15.2 Å². The van der Waals surface area contributed by atoms with Gasteiger partial charge in [-0.05, 0) is 23.6 Å². The lowest BCUT2D eigenvalue weighted by molar-refractivity contribution is 0.420. The molecule has 3 N–H and O–H groups in total. The second-order valence-electron chi connectivity index (χ2n) is 2.84. The van der Waals surface area contributed by atoms with Gasteiger partial charge in [-0.15, -0.1) is 11.3 Å². The molecular formula is C8H6BClO3S. The molecule has 1 heterocycles. The van der Waals surface area contributed by atoms with Gasteiger partial charge in [-0.2, -0.15) is 0 Å². The maximum Gasteiger partial charge on any atom is 0.493 e. The highest BCUT2D eigenvalue weighted by molar-refractivity contribution is 7.24. The monoisotopic (exact) mass is 228 g/mol. The van der Waals surface area contributed by atoms with Crippen LogP contribution in [0.3, 0.4) is 0 Å². The largest absolute Gasteiger partial charge is 0.508 e. The van der Waals surface area contributed by atoms with E-state index in [9.17, 15) is 5.11 Å². The second-order valence-corrected chi connectivity index (χ2v) is 4.52. The second kappa shape index (κ2) is 3.44. The van der Waals surface area contributed by atoms with E-state index in [0.29, 0.717) is 9.04 Å². The molecule has 0 aliphatic heterocycles. The Kier molecular flexibility index (Phi) is 2.40. The van der Waals surface area contributed by atoms with Crippen LogP contribution in [0.15, 0.2) is 18.2 Å². The van der Waals surface area contributed by atoms with E-state index >= 15 is 0 Å². The molecule has 0 aliphatic carbocycles. The molecular weight excluding hydrogens is 222 g/mol. The zero-order valence-electron chi connectivity index (χ0n) is 6.94. The van der Waals surface area contributed by atoms with Crippen LogP contribution in [0.4, 0.5) is 0 Å². The van der Waals surface area contributed by atoms with Gasteiger partial charge in [-0.1, -0.05) is 11.6 Å². The number of hydrogen-bond donors (Lipinski definition) is 3. The standard InChI is InChI=1S/C8H6BClO3S/c10-6-3-4-1-2-5(11)7(9(12)13)8(4)14-6/h1-3,11-13H. The number of thiophene rings is 1. The molecule has 0 unspecified atom stereocenters. The Hall–Kier alpha value is -0.745. The Morgan fingerprint density at radius 2 is 2.00 bits per heavy atom. The highest BCUT2D eigenvalue weighted by Crippen LogP contribution is 2.30. The zero-order valence-corrected chi connectivity index (χ0v) is 8.51. The molecule has 6 heteroatoms. The van der Waals surface area contributed by atoms with Crippen LogP contribution < -0.4 is 5.46 Å². The van der Waals surface area contributed by atoms with Gasteiger partial charge in [-0.3, -0.25) is 0 Å². The minimum Gasteiger partial charge on any atom is -0.508 e. The Morgan fingerprint density at radius 1 is 1.29 bits per heavy atom. The summed E-state index contributed by atoms with van der Waals surface area (Å²) in [5.41, 5.74) is 0.111. The van der Waals surface area contributed by atoms with Crippen molar-refractivity contribution in [1.29, 1.82) is 0 Å². The maximum atomic E-state index is 9.43. The third kappa shape index (κ3) is 1.48. The first-order valence-electron chi connectivity index (χ1n) is 3.86. The van der Waals surface area contributed by atoms with E-state index in [2.05, 4.69) is 0 Å². The molecule has 0 spiro atoms. The molecule has 0 saturated heterocycles. The van der Waals surface area contributed by atoms with Gasteiger partial charge in [0.15, 0.2) is 0 Å². The van der Waals surface area contributed by atoms with Crippen molar-refractivity contribution in [1.82, 2.24) is 0 Å². The topological polar surface area (TPSA) is 60.7 Å². The predicted octanol–water partition coefficient (Wildman–Crippen LogP) is 0.940. The number of rotatable bonds is 1. The summed E-state index contributed by atoms with van der Waals surface area (Å²) in [6.07, 6.45) is 0. The number of phenols is 1. The van der Waals surface area contributed by atoms with E-state index in [1.165, 1.54) is 17.4 Å². The predicted molar refractivity (Wildman–Crippen MR) is 58.3 cm³/mol. The van der Waals surface area contributed by atoms with Crippen molar-refractivity contribution in [2.45, 2.75) is 0 Å². The first-order valence-corrected chi connectivity index (χ1v) is 5.06. The molecule has 2 aromatic rings. The van der Waals surface area contributed by atoms with E-state index in [0.717, 1.165) is 5.39 Å². The van der Waals surface area contributed by atoms with E-state index in [4.69, 9.17) is 21.6 Å². The van der Waals surface area contributed by atoms with Crippen LogP contribution in [-0.2, 0) is 0 Å². The lowest BCUT2D eigenvalue weighted by Gasteiger charge is -2.03. The first-order chi connectivity index (χ1) is 6.59. The van der Waals surface area contributed by atoms with Gasteiger partial charge in [-0.25, -0.2) is 0 Å². The Balaban J connectivity index is 2.82. The van der Waals surface area contributed by atoms with Gasteiger partial charge in [0.2, 0.25) is 0 Å². The van der Waals surface area contributed by atoms with Gasteiger partial charge in [0.05, 0.1) is 4.34 Å². The number of fused-ring (bicyclic) bond motifs is 1. The van der Waals surface area contributed by atoms with Gasteiger partial charge < -0.3 is 15.2 Å². The summed E-state index contributed by atoms with van der Waals surface area (Å²) in [5, 5.41) is 28.4. The van der Waals surface area contributed by atoms with Crippen molar-refractivity contribution in [2.75, 3.05) is 0 Å². The number of halogens is 1. The molecule has 0 radical (unpaired) electrons. The molecule has 0 aliphatic rings. The highest BCUT2D eigenvalue weighted by atomic mass is 35.5. The van der Waals surface area contributed by atoms with Crippen LogP contribution in [0.2, 0.25) is 4.34 Å². The summed E-state index contributed by atoms with van der Waals surface area (Å²) in [6, 6.07) is 4.81. The molecule has 0 saturated carbocycles. The van der Waals surface area contributed by atoms with Gasteiger partial charge in [0, 0.05) is 10.2 Å². The van der Waals surface area contributed by atoms with Crippen molar-refractivity contribution in [3.63, 3.8) is 0 Å². The molecule has 2 rings (SSSR count). The Morgan fingerprint density at radius 3 is 2.64 bits per heavy atom.